The highest BCUT2D eigenvalue weighted by Gasteiger charge is 2.12. The second-order valence-electron chi connectivity index (χ2n) is 5.33. The van der Waals surface area contributed by atoms with Gasteiger partial charge in [0.15, 0.2) is 6.61 Å². The number of hydrogen-bond donors (Lipinski definition) is 1. The zero-order valence-corrected chi connectivity index (χ0v) is 13.2. The highest BCUT2D eigenvalue weighted by molar-refractivity contribution is 5.92. The molecule has 0 aliphatic heterocycles. The van der Waals surface area contributed by atoms with Gasteiger partial charge in [-0.05, 0) is 18.2 Å². The van der Waals surface area contributed by atoms with E-state index in [1.807, 2.05) is 18.2 Å². The monoisotopic (exact) mass is 338 g/mol. The minimum atomic E-state index is -0.688. The SMILES string of the molecule is O=C(COC(=O)c1ccc2ccccc2n1)NCc1ccccc1F. The van der Waals surface area contributed by atoms with Gasteiger partial charge in [0, 0.05) is 17.5 Å². The third kappa shape index (κ3) is 4.17. The maximum absolute atomic E-state index is 13.5. The predicted molar refractivity (Wildman–Crippen MR) is 90.3 cm³/mol. The molecule has 0 unspecified atom stereocenters. The molecule has 0 bridgehead atoms. The van der Waals surface area contributed by atoms with Gasteiger partial charge in [0.1, 0.15) is 11.5 Å². The van der Waals surface area contributed by atoms with Crippen molar-refractivity contribution in [3.05, 3.63) is 77.7 Å². The van der Waals surface area contributed by atoms with E-state index >= 15 is 0 Å². The summed E-state index contributed by atoms with van der Waals surface area (Å²) in [5, 5.41) is 3.40. The Morgan fingerprint density at radius 1 is 1.00 bits per heavy atom. The van der Waals surface area contributed by atoms with E-state index in [1.165, 1.54) is 6.07 Å². The molecule has 0 fully saturated rings. The molecule has 25 heavy (non-hydrogen) atoms. The average molecular weight is 338 g/mol. The molecule has 6 heteroatoms. The first-order valence-electron chi connectivity index (χ1n) is 7.66. The van der Waals surface area contributed by atoms with Crippen LogP contribution >= 0.6 is 0 Å². The molecular weight excluding hydrogens is 323 g/mol. The Balaban J connectivity index is 1.54. The standard InChI is InChI=1S/C19H15FN2O3/c20-15-7-3-1-6-14(15)11-21-18(23)12-25-19(24)17-10-9-13-5-2-4-8-16(13)22-17/h1-10H,11-12H2,(H,21,23). The van der Waals surface area contributed by atoms with Crippen molar-refractivity contribution in [2.24, 2.45) is 0 Å². The number of carbonyl (C=O) groups excluding carboxylic acids is 2. The number of aromatic nitrogens is 1. The average Bonchev–Trinajstić information content (AvgIpc) is 2.65. The van der Waals surface area contributed by atoms with Crippen LogP contribution in [-0.4, -0.2) is 23.5 Å². The molecule has 0 spiro atoms. The highest BCUT2D eigenvalue weighted by Crippen LogP contribution is 2.12. The maximum atomic E-state index is 13.5. The van der Waals surface area contributed by atoms with E-state index in [0.29, 0.717) is 11.1 Å². The number of nitrogens with zero attached hydrogens (tertiary/aromatic N) is 1. The highest BCUT2D eigenvalue weighted by atomic mass is 19.1. The lowest BCUT2D eigenvalue weighted by atomic mass is 10.2. The van der Waals surface area contributed by atoms with Crippen molar-refractivity contribution < 1.29 is 18.7 Å². The van der Waals surface area contributed by atoms with Crippen LogP contribution in [0.2, 0.25) is 0 Å². The van der Waals surface area contributed by atoms with Crippen LogP contribution in [-0.2, 0) is 16.1 Å². The number of rotatable bonds is 5. The second-order valence-corrected chi connectivity index (χ2v) is 5.33. The molecule has 3 rings (SSSR count). The fourth-order valence-corrected chi connectivity index (χ4v) is 2.27. The molecule has 0 saturated carbocycles. The molecule has 1 N–H and O–H groups in total. The van der Waals surface area contributed by atoms with Crippen LogP contribution in [0.25, 0.3) is 10.9 Å². The number of benzene rings is 2. The first-order chi connectivity index (χ1) is 12.1. The van der Waals surface area contributed by atoms with Crippen LogP contribution < -0.4 is 5.32 Å². The van der Waals surface area contributed by atoms with Crippen LogP contribution in [0, 0.1) is 5.82 Å². The van der Waals surface area contributed by atoms with Gasteiger partial charge in [-0.25, -0.2) is 14.2 Å². The van der Waals surface area contributed by atoms with Crippen molar-refractivity contribution in [1.29, 1.82) is 0 Å². The summed E-state index contributed by atoms with van der Waals surface area (Å²) in [4.78, 5) is 27.9. The van der Waals surface area contributed by atoms with Crippen molar-refractivity contribution in [1.82, 2.24) is 10.3 Å². The van der Waals surface area contributed by atoms with E-state index in [-0.39, 0.29) is 12.2 Å². The van der Waals surface area contributed by atoms with E-state index in [9.17, 15) is 14.0 Å². The van der Waals surface area contributed by atoms with Crippen molar-refractivity contribution in [2.45, 2.75) is 6.54 Å². The van der Waals surface area contributed by atoms with E-state index in [1.54, 1.807) is 36.4 Å². The quantitative estimate of drug-likeness (QED) is 0.727. The van der Waals surface area contributed by atoms with Crippen molar-refractivity contribution in [2.75, 3.05) is 6.61 Å². The first kappa shape index (κ1) is 16.6. The van der Waals surface area contributed by atoms with Crippen molar-refractivity contribution in [3.63, 3.8) is 0 Å². The van der Waals surface area contributed by atoms with Gasteiger partial charge in [0.05, 0.1) is 5.52 Å². The summed E-state index contributed by atoms with van der Waals surface area (Å²) >= 11 is 0. The molecule has 1 aromatic heterocycles. The number of para-hydroxylation sites is 1. The van der Waals surface area contributed by atoms with Crippen LogP contribution in [0.4, 0.5) is 4.39 Å². The third-order valence-electron chi connectivity index (χ3n) is 3.58. The predicted octanol–water partition coefficient (Wildman–Crippen LogP) is 2.85. The number of halogens is 1. The molecule has 5 nitrogen and oxygen atoms in total. The van der Waals surface area contributed by atoms with Gasteiger partial charge in [-0.2, -0.15) is 0 Å². The number of pyridine rings is 1. The van der Waals surface area contributed by atoms with Gasteiger partial charge >= 0.3 is 5.97 Å². The summed E-state index contributed by atoms with van der Waals surface area (Å²) in [6.07, 6.45) is 0. The molecule has 0 radical (unpaired) electrons. The van der Waals surface area contributed by atoms with Crippen molar-refractivity contribution in [3.8, 4) is 0 Å². The summed E-state index contributed by atoms with van der Waals surface area (Å²) in [5.41, 5.74) is 1.15. The zero-order chi connectivity index (χ0) is 17.6. The van der Waals surface area contributed by atoms with Gasteiger partial charge in [0.2, 0.25) is 0 Å². The first-order valence-corrected chi connectivity index (χ1v) is 7.66. The Morgan fingerprint density at radius 2 is 1.76 bits per heavy atom. The molecule has 0 atom stereocenters. The topological polar surface area (TPSA) is 68.3 Å². The number of carbonyl (C=O) groups is 2. The summed E-state index contributed by atoms with van der Waals surface area (Å²) in [6, 6.07) is 16.8. The molecule has 1 heterocycles. The third-order valence-corrected chi connectivity index (χ3v) is 3.58. The van der Waals surface area contributed by atoms with E-state index in [4.69, 9.17) is 4.74 Å². The Hall–Kier alpha value is -3.28. The molecule has 126 valence electrons. The van der Waals surface area contributed by atoms with E-state index in [0.717, 1.165) is 5.39 Å². The largest absolute Gasteiger partial charge is 0.451 e. The van der Waals surface area contributed by atoms with Crippen molar-refractivity contribution >= 4 is 22.8 Å². The molecule has 0 saturated heterocycles. The molecule has 1 amide bonds. The van der Waals surface area contributed by atoms with Crippen LogP contribution in [0.3, 0.4) is 0 Å². The Morgan fingerprint density at radius 3 is 2.60 bits per heavy atom. The van der Waals surface area contributed by atoms with Gasteiger partial charge in [0.25, 0.3) is 5.91 Å². The lowest BCUT2D eigenvalue weighted by Gasteiger charge is -2.07. The summed E-state index contributed by atoms with van der Waals surface area (Å²) in [7, 11) is 0. The number of fused-ring (bicyclic) bond motifs is 1. The fourth-order valence-electron chi connectivity index (χ4n) is 2.27. The Bertz CT molecular complexity index is 927. The fraction of sp³-hybridized carbons (Fsp3) is 0.105. The Labute approximate surface area is 143 Å². The van der Waals surface area contributed by atoms with Crippen LogP contribution in [0.1, 0.15) is 16.1 Å². The molecule has 3 aromatic rings. The summed E-state index contributed by atoms with van der Waals surface area (Å²) < 4.78 is 18.4. The van der Waals surface area contributed by atoms with Gasteiger partial charge < -0.3 is 10.1 Å². The number of nitrogens with one attached hydrogen (secondary N) is 1. The molecule has 0 aliphatic carbocycles. The van der Waals surface area contributed by atoms with Gasteiger partial charge in [-0.15, -0.1) is 0 Å². The minimum absolute atomic E-state index is 0.0251. The van der Waals surface area contributed by atoms with Gasteiger partial charge in [-0.3, -0.25) is 4.79 Å². The number of amides is 1. The van der Waals surface area contributed by atoms with E-state index < -0.39 is 24.3 Å². The Kier molecular flexibility index (Phi) is 4.99. The molecule has 0 aliphatic rings. The minimum Gasteiger partial charge on any atom is -0.451 e. The molecule has 2 aromatic carbocycles. The van der Waals surface area contributed by atoms with Crippen LogP contribution in [0.15, 0.2) is 60.7 Å². The zero-order valence-electron chi connectivity index (χ0n) is 13.2. The summed E-state index contributed by atoms with van der Waals surface area (Å²) in [5.74, 6) is -1.61. The van der Waals surface area contributed by atoms with Crippen LogP contribution in [0.5, 0.6) is 0 Å². The number of esters is 1. The normalized spacial score (nSPS) is 10.4. The number of ether oxygens (including phenoxy) is 1. The molecular formula is C19H15FN2O3. The maximum Gasteiger partial charge on any atom is 0.357 e. The lowest BCUT2D eigenvalue weighted by molar-refractivity contribution is -0.124. The second kappa shape index (κ2) is 7.53. The lowest BCUT2D eigenvalue weighted by Crippen LogP contribution is -2.28. The summed E-state index contributed by atoms with van der Waals surface area (Å²) in [6.45, 7) is -0.431. The van der Waals surface area contributed by atoms with Gasteiger partial charge in [-0.1, -0.05) is 42.5 Å². The smallest absolute Gasteiger partial charge is 0.357 e. The van der Waals surface area contributed by atoms with E-state index in [2.05, 4.69) is 10.3 Å². The number of hydrogen-bond acceptors (Lipinski definition) is 4.